The van der Waals surface area contributed by atoms with Gasteiger partial charge in [0.2, 0.25) is 0 Å². The fourth-order valence-electron chi connectivity index (χ4n) is 2.70. The van der Waals surface area contributed by atoms with Crippen molar-refractivity contribution >= 4 is 28.9 Å². The number of carbonyl (C=O) groups excluding carboxylic acids is 3. The van der Waals surface area contributed by atoms with Crippen LogP contribution in [0.2, 0.25) is 0 Å². The maximum absolute atomic E-state index is 12.6. The topological polar surface area (TPSA) is 115 Å². The Bertz CT molecular complexity index is 914. The molecule has 2 aromatic heterocycles. The normalized spacial score (nSPS) is 13.8. The largest absolute Gasteiger partial charge is 0.452 e. The van der Waals surface area contributed by atoms with Gasteiger partial charge in [-0.25, -0.2) is 19.3 Å². The third-order valence-corrected chi connectivity index (χ3v) is 4.39. The summed E-state index contributed by atoms with van der Waals surface area (Å²) in [5, 5.41) is 9.67. The van der Waals surface area contributed by atoms with E-state index >= 15 is 0 Å². The van der Waals surface area contributed by atoms with E-state index in [0.717, 1.165) is 18.5 Å². The van der Waals surface area contributed by atoms with Crippen molar-refractivity contribution in [3.63, 3.8) is 0 Å². The Morgan fingerprint density at radius 2 is 1.96 bits per heavy atom. The van der Waals surface area contributed by atoms with Crippen molar-refractivity contribution in [2.24, 2.45) is 0 Å². The number of ether oxygens (including phenoxy) is 1. The number of pyridine rings is 1. The molecule has 1 aliphatic rings. The van der Waals surface area contributed by atoms with Crippen molar-refractivity contribution in [3.8, 4) is 0 Å². The zero-order valence-electron chi connectivity index (χ0n) is 16.5. The van der Waals surface area contributed by atoms with E-state index in [4.69, 9.17) is 4.74 Å². The van der Waals surface area contributed by atoms with Crippen molar-refractivity contribution in [3.05, 3.63) is 23.5 Å². The van der Waals surface area contributed by atoms with E-state index < -0.39 is 24.5 Å². The third kappa shape index (κ3) is 4.47. The molecule has 1 aliphatic carbocycles. The Morgan fingerprint density at radius 1 is 1.25 bits per heavy atom. The van der Waals surface area contributed by atoms with Gasteiger partial charge in [0.05, 0.1) is 17.1 Å². The van der Waals surface area contributed by atoms with E-state index in [1.807, 2.05) is 27.7 Å². The van der Waals surface area contributed by atoms with Gasteiger partial charge < -0.3 is 10.1 Å². The standard InChI is InChI=1S/C19H25N5O4/c1-10(2)15-7-13(14-8-20-24(11(3)4)17(14)22-15)18(26)28-9-16(25)23-19(27)21-12-5-6-12/h7-8,10-12H,5-6,9H2,1-4H3,(H2,21,23,25,27). The molecule has 0 saturated heterocycles. The summed E-state index contributed by atoms with van der Waals surface area (Å²) in [5.41, 5.74) is 1.63. The predicted octanol–water partition coefficient (Wildman–Crippen LogP) is 2.28. The molecule has 1 fully saturated rings. The fraction of sp³-hybridized carbons (Fsp3) is 0.526. The average molecular weight is 387 g/mol. The van der Waals surface area contributed by atoms with Crippen LogP contribution < -0.4 is 10.6 Å². The maximum atomic E-state index is 12.6. The summed E-state index contributed by atoms with van der Waals surface area (Å²) in [5.74, 6) is -1.24. The molecule has 0 aromatic carbocycles. The number of nitrogens with one attached hydrogen (secondary N) is 2. The van der Waals surface area contributed by atoms with Crippen molar-refractivity contribution in [2.45, 2.75) is 58.5 Å². The summed E-state index contributed by atoms with van der Waals surface area (Å²) in [6.07, 6.45) is 3.40. The molecule has 2 aromatic rings. The highest BCUT2D eigenvalue weighted by molar-refractivity contribution is 6.04. The van der Waals surface area contributed by atoms with Crippen LogP contribution in [0.5, 0.6) is 0 Å². The first kappa shape index (κ1) is 19.8. The number of imide groups is 1. The van der Waals surface area contributed by atoms with Crippen LogP contribution in [0, 0.1) is 0 Å². The quantitative estimate of drug-likeness (QED) is 0.735. The van der Waals surface area contributed by atoms with Crippen LogP contribution in [0.15, 0.2) is 12.3 Å². The van der Waals surface area contributed by atoms with Gasteiger partial charge in [0.15, 0.2) is 12.3 Å². The Balaban J connectivity index is 1.74. The van der Waals surface area contributed by atoms with Crippen LogP contribution in [0.25, 0.3) is 11.0 Å². The number of fused-ring (bicyclic) bond motifs is 1. The molecule has 0 aliphatic heterocycles. The first-order chi connectivity index (χ1) is 13.3. The lowest BCUT2D eigenvalue weighted by atomic mass is 10.1. The molecule has 2 heterocycles. The summed E-state index contributed by atoms with van der Waals surface area (Å²) in [6, 6.07) is 1.30. The van der Waals surface area contributed by atoms with Crippen molar-refractivity contribution in [1.29, 1.82) is 0 Å². The van der Waals surface area contributed by atoms with Crippen LogP contribution in [-0.4, -0.2) is 45.3 Å². The van der Waals surface area contributed by atoms with Crippen molar-refractivity contribution < 1.29 is 19.1 Å². The summed E-state index contributed by atoms with van der Waals surface area (Å²) in [6.45, 7) is 7.36. The van der Waals surface area contributed by atoms with Gasteiger partial charge in [0, 0.05) is 17.8 Å². The molecule has 150 valence electrons. The van der Waals surface area contributed by atoms with E-state index in [0.29, 0.717) is 16.6 Å². The molecule has 2 N–H and O–H groups in total. The van der Waals surface area contributed by atoms with Crippen molar-refractivity contribution in [1.82, 2.24) is 25.4 Å². The highest BCUT2D eigenvalue weighted by atomic mass is 16.5. The molecule has 28 heavy (non-hydrogen) atoms. The lowest BCUT2D eigenvalue weighted by Crippen LogP contribution is -2.42. The highest BCUT2D eigenvalue weighted by Gasteiger charge is 2.24. The monoisotopic (exact) mass is 387 g/mol. The number of urea groups is 1. The number of amides is 3. The highest BCUT2D eigenvalue weighted by Crippen LogP contribution is 2.25. The van der Waals surface area contributed by atoms with Gasteiger partial charge in [-0.05, 0) is 38.7 Å². The Hall–Kier alpha value is -2.97. The second kappa shape index (κ2) is 7.95. The number of rotatable bonds is 6. The minimum Gasteiger partial charge on any atom is -0.452 e. The van der Waals surface area contributed by atoms with Crippen LogP contribution in [-0.2, 0) is 9.53 Å². The molecule has 0 bridgehead atoms. The van der Waals surface area contributed by atoms with Gasteiger partial charge in [-0.1, -0.05) is 13.8 Å². The number of esters is 1. The second-order valence-corrected chi connectivity index (χ2v) is 7.54. The number of hydrogen-bond acceptors (Lipinski definition) is 6. The van der Waals surface area contributed by atoms with Crippen LogP contribution in [0.4, 0.5) is 4.79 Å². The van der Waals surface area contributed by atoms with E-state index in [-0.39, 0.29) is 18.0 Å². The SMILES string of the molecule is CC(C)c1cc(C(=O)OCC(=O)NC(=O)NC2CC2)c2cnn(C(C)C)c2n1. The molecule has 0 atom stereocenters. The molecule has 1 saturated carbocycles. The second-order valence-electron chi connectivity index (χ2n) is 7.54. The molecule has 0 spiro atoms. The zero-order chi connectivity index (χ0) is 20.4. The molecular formula is C19H25N5O4. The van der Waals surface area contributed by atoms with Crippen molar-refractivity contribution in [2.75, 3.05) is 6.61 Å². The van der Waals surface area contributed by atoms with Gasteiger partial charge >= 0.3 is 12.0 Å². The lowest BCUT2D eigenvalue weighted by Gasteiger charge is -2.12. The van der Waals surface area contributed by atoms with E-state index in [1.54, 1.807) is 16.9 Å². The first-order valence-electron chi connectivity index (χ1n) is 9.42. The van der Waals surface area contributed by atoms with E-state index in [2.05, 4.69) is 20.7 Å². The van der Waals surface area contributed by atoms with Crippen LogP contribution in [0.1, 0.15) is 68.5 Å². The Labute approximate surface area is 162 Å². The summed E-state index contributed by atoms with van der Waals surface area (Å²) in [7, 11) is 0. The van der Waals surface area contributed by atoms with Gasteiger partial charge in [-0.15, -0.1) is 0 Å². The summed E-state index contributed by atoms with van der Waals surface area (Å²) < 4.78 is 6.87. The molecule has 0 unspecified atom stereocenters. The number of carbonyl (C=O) groups is 3. The third-order valence-electron chi connectivity index (χ3n) is 4.39. The fourth-order valence-corrected chi connectivity index (χ4v) is 2.70. The molecular weight excluding hydrogens is 362 g/mol. The maximum Gasteiger partial charge on any atom is 0.339 e. The smallest absolute Gasteiger partial charge is 0.339 e. The lowest BCUT2D eigenvalue weighted by molar-refractivity contribution is -0.123. The Morgan fingerprint density at radius 3 is 2.57 bits per heavy atom. The van der Waals surface area contributed by atoms with Crippen LogP contribution >= 0.6 is 0 Å². The minimum absolute atomic E-state index is 0.0760. The molecule has 9 heteroatoms. The molecule has 3 rings (SSSR count). The first-order valence-corrected chi connectivity index (χ1v) is 9.42. The molecule has 9 nitrogen and oxygen atoms in total. The van der Waals surface area contributed by atoms with Gasteiger partial charge in [-0.2, -0.15) is 5.10 Å². The molecule has 0 radical (unpaired) electrons. The Kier molecular flexibility index (Phi) is 5.62. The van der Waals surface area contributed by atoms with Crippen LogP contribution in [0.3, 0.4) is 0 Å². The number of nitrogens with zero attached hydrogens (tertiary/aromatic N) is 3. The number of aromatic nitrogens is 3. The minimum atomic E-state index is -0.682. The predicted molar refractivity (Wildman–Crippen MR) is 102 cm³/mol. The molecule has 3 amide bonds. The number of hydrogen-bond donors (Lipinski definition) is 2. The van der Waals surface area contributed by atoms with E-state index in [9.17, 15) is 14.4 Å². The average Bonchev–Trinajstić information content (AvgIpc) is 3.32. The summed E-state index contributed by atoms with van der Waals surface area (Å²) >= 11 is 0. The van der Waals surface area contributed by atoms with Gasteiger partial charge in [-0.3, -0.25) is 10.1 Å². The van der Waals surface area contributed by atoms with Gasteiger partial charge in [0.1, 0.15) is 0 Å². The summed E-state index contributed by atoms with van der Waals surface area (Å²) in [4.78, 5) is 40.7. The van der Waals surface area contributed by atoms with Gasteiger partial charge in [0.25, 0.3) is 5.91 Å². The van der Waals surface area contributed by atoms with E-state index in [1.165, 1.54) is 0 Å². The zero-order valence-corrected chi connectivity index (χ0v) is 16.5.